The summed E-state index contributed by atoms with van der Waals surface area (Å²) < 4.78 is 4.87. The third-order valence-electron chi connectivity index (χ3n) is 2.21. The van der Waals surface area contributed by atoms with Crippen molar-refractivity contribution in [1.29, 1.82) is 0 Å². The van der Waals surface area contributed by atoms with E-state index in [9.17, 15) is 0 Å². The van der Waals surface area contributed by atoms with Gasteiger partial charge in [-0.05, 0) is 24.1 Å². The van der Waals surface area contributed by atoms with Crippen LogP contribution in [0.15, 0.2) is 29.3 Å². The minimum atomic E-state index is 0. The van der Waals surface area contributed by atoms with Gasteiger partial charge in [-0.15, -0.1) is 24.0 Å². The molecule has 0 unspecified atom stereocenters. The van der Waals surface area contributed by atoms with Crippen LogP contribution in [0.1, 0.15) is 5.56 Å². The lowest BCUT2D eigenvalue weighted by Gasteiger charge is -2.05. The molecule has 3 N–H and O–H groups in total. The smallest absolute Gasteiger partial charge is 0.188 e. The number of ether oxygens (including phenoxy) is 1. The van der Waals surface area contributed by atoms with Crippen molar-refractivity contribution in [2.45, 2.75) is 6.42 Å². The molecule has 0 aliphatic heterocycles. The lowest BCUT2D eigenvalue weighted by molar-refractivity contribution is 0.208. The SMILES string of the molecule is COCCN=C(N)NCCc1ccc(Cl)cc1.I. The maximum absolute atomic E-state index is 5.80. The fraction of sp³-hybridized carbons (Fsp3) is 0.417. The predicted octanol–water partition coefficient (Wildman–Crippen LogP) is 2.05. The van der Waals surface area contributed by atoms with Crippen LogP contribution < -0.4 is 11.1 Å². The topological polar surface area (TPSA) is 59.6 Å². The number of nitrogens with one attached hydrogen (secondary N) is 1. The van der Waals surface area contributed by atoms with E-state index in [-0.39, 0.29) is 24.0 Å². The molecule has 0 heterocycles. The summed E-state index contributed by atoms with van der Waals surface area (Å²) in [4.78, 5) is 4.10. The second-order valence-electron chi connectivity index (χ2n) is 3.56. The Morgan fingerprint density at radius 2 is 2.06 bits per heavy atom. The lowest BCUT2D eigenvalue weighted by atomic mass is 10.1. The van der Waals surface area contributed by atoms with Gasteiger partial charge in [0.1, 0.15) is 0 Å². The highest BCUT2D eigenvalue weighted by molar-refractivity contribution is 14.0. The summed E-state index contributed by atoms with van der Waals surface area (Å²) >= 11 is 5.80. The average molecular weight is 384 g/mol. The highest BCUT2D eigenvalue weighted by Gasteiger charge is 1.94. The Labute approximate surface area is 130 Å². The van der Waals surface area contributed by atoms with Crippen LogP contribution in [0.25, 0.3) is 0 Å². The molecule has 6 heteroatoms. The Kier molecular flexibility index (Phi) is 10.1. The first-order chi connectivity index (χ1) is 8.22. The van der Waals surface area contributed by atoms with Crippen molar-refractivity contribution in [3.8, 4) is 0 Å². The van der Waals surface area contributed by atoms with Crippen molar-refractivity contribution < 1.29 is 4.74 Å². The standard InChI is InChI=1S/C12H18ClN3O.HI/c1-17-9-8-16-12(14)15-7-6-10-2-4-11(13)5-3-10;/h2-5H,6-9H2,1H3,(H3,14,15,16);1H. The molecule has 0 aromatic heterocycles. The zero-order chi connectivity index (χ0) is 12.5. The third-order valence-corrected chi connectivity index (χ3v) is 2.46. The first-order valence-corrected chi connectivity index (χ1v) is 5.87. The van der Waals surface area contributed by atoms with E-state index in [1.54, 1.807) is 7.11 Å². The molecule has 0 aliphatic rings. The average Bonchev–Trinajstić information content (AvgIpc) is 2.32. The summed E-state index contributed by atoms with van der Waals surface area (Å²) in [5.74, 6) is 0.455. The Bertz CT molecular complexity index is 357. The number of methoxy groups -OCH3 is 1. The van der Waals surface area contributed by atoms with Crippen LogP contribution in [0.5, 0.6) is 0 Å². The third kappa shape index (κ3) is 7.73. The number of benzene rings is 1. The molecule has 1 aromatic carbocycles. The van der Waals surface area contributed by atoms with E-state index in [1.807, 2.05) is 24.3 Å². The number of hydrogen-bond acceptors (Lipinski definition) is 2. The lowest BCUT2D eigenvalue weighted by Crippen LogP contribution is -2.33. The molecule has 0 spiro atoms. The van der Waals surface area contributed by atoms with Crippen molar-refractivity contribution in [3.63, 3.8) is 0 Å². The summed E-state index contributed by atoms with van der Waals surface area (Å²) in [6.45, 7) is 1.92. The number of guanidine groups is 1. The molecule has 0 radical (unpaired) electrons. The van der Waals surface area contributed by atoms with E-state index >= 15 is 0 Å². The van der Waals surface area contributed by atoms with Crippen molar-refractivity contribution >= 4 is 41.5 Å². The molecular formula is C12H19ClIN3O. The number of nitrogens with two attached hydrogens (primary N) is 1. The van der Waals surface area contributed by atoms with Gasteiger partial charge in [-0.25, -0.2) is 0 Å². The summed E-state index contributed by atoms with van der Waals surface area (Å²) in [5.41, 5.74) is 6.88. The molecule has 1 aromatic rings. The van der Waals surface area contributed by atoms with Crippen molar-refractivity contribution in [2.24, 2.45) is 10.7 Å². The van der Waals surface area contributed by atoms with Crippen LogP contribution in [0.3, 0.4) is 0 Å². The van der Waals surface area contributed by atoms with E-state index in [2.05, 4.69) is 10.3 Å². The Morgan fingerprint density at radius 3 is 2.67 bits per heavy atom. The summed E-state index contributed by atoms with van der Waals surface area (Å²) in [6, 6.07) is 7.77. The molecule has 4 nitrogen and oxygen atoms in total. The maximum atomic E-state index is 5.80. The van der Waals surface area contributed by atoms with Crippen LogP contribution in [-0.2, 0) is 11.2 Å². The van der Waals surface area contributed by atoms with Gasteiger partial charge in [-0.2, -0.15) is 0 Å². The molecule has 0 saturated carbocycles. The molecule has 1 rings (SSSR count). The maximum Gasteiger partial charge on any atom is 0.188 e. The summed E-state index contributed by atoms with van der Waals surface area (Å²) in [6.07, 6.45) is 0.887. The molecule has 0 aliphatic carbocycles. The number of aliphatic imine (C=N–C) groups is 1. The molecule has 0 saturated heterocycles. The number of hydrogen-bond donors (Lipinski definition) is 2. The van der Waals surface area contributed by atoms with E-state index in [4.69, 9.17) is 22.1 Å². The van der Waals surface area contributed by atoms with Crippen LogP contribution in [0.4, 0.5) is 0 Å². The van der Waals surface area contributed by atoms with Gasteiger partial charge < -0.3 is 15.8 Å². The molecule has 0 atom stereocenters. The Hall–Kier alpha value is -0.530. The zero-order valence-electron chi connectivity index (χ0n) is 10.4. The minimum Gasteiger partial charge on any atom is -0.383 e. The van der Waals surface area contributed by atoms with Crippen molar-refractivity contribution in [3.05, 3.63) is 34.9 Å². The van der Waals surface area contributed by atoms with E-state index in [1.165, 1.54) is 5.56 Å². The van der Waals surface area contributed by atoms with Gasteiger partial charge in [0, 0.05) is 18.7 Å². The van der Waals surface area contributed by atoms with Crippen LogP contribution in [0, 0.1) is 0 Å². The Morgan fingerprint density at radius 1 is 1.39 bits per heavy atom. The van der Waals surface area contributed by atoms with Crippen LogP contribution in [0.2, 0.25) is 5.02 Å². The summed E-state index contributed by atoms with van der Waals surface area (Å²) in [7, 11) is 1.64. The normalized spacial score (nSPS) is 10.9. The van der Waals surface area contributed by atoms with Gasteiger partial charge in [0.25, 0.3) is 0 Å². The zero-order valence-corrected chi connectivity index (χ0v) is 13.4. The predicted molar refractivity (Wildman–Crippen MR) is 86.9 cm³/mol. The molecule has 0 bridgehead atoms. The first kappa shape index (κ1) is 17.5. The van der Waals surface area contributed by atoms with Crippen molar-refractivity contribution in [2.75, 3.05) is 26.8 Å². The van der Waals surface area contributed by atoms with Crippen molar-refractivity contribution in [1.82, 2.24) is 5.32 Å². The first-order valence-electron chi connectivity index (χ1n) is 5.49. The van der Waals surface area contributed by atoms with Gasteiger partial charge in [-0.1, -0.05) is 23.7 Å². The number of rotatable bonds is 6. The molecule has 0 fully saturated rings. The highest BCUT2D eigenvalue weighted by Crippen LogP contribution is 2.09. The van der Waals surface area contributed by atoms with Gasteiger partial charge in [-0.3, -0.25) is 4.99 Å². The van der Waals surface area contributed by atoms with Gasteiger partial charge in [0.05, 0.1) is 13.2 Å². The molecule has 102 valence electrons. The second-order valence-corrected chi connectivity index (χ2v) is 4.00. The molecular weight excluding hydrogens is 365 g/mol. The minimum absolute atomic E-state index is 0. The van der Waals surface area contributed by atoms with E-state index in [0.717, 1.165) is 18.0 Å². The van der Waals surface area contributed by atoms with Gasteiger partial charge >= 0.3 is 0 Å². The fourth-order valence-corrected chi connectivity index (χ4v) is 1.43. The van der Waals surface area contributed by atoms with Gasteiger partial charge in [0.15, 0.2) is 5.96 Å². The largest absolute Gasteiger partial charge is 0.383 e. The van der Waals surface area contributed by atoms with Gasteiger partial charge in [0.2, 0.25) is 0 Å². The summed E-state index contributed by atoms with van der Waals surface area (Å²) in [5, 5.41) is 3.80. The van der Waals surface area contributed by atoms with E-state index in [0.29, 0.717) is 19.1 Å². The van der Waals surface area contributed by atoms with E-state index < -0.39 is 0 Å². The Balaban J connectivity index is 0.00000289. The molecule has 18 heavy (non-hydrogen) atoms. The quantitative estimate of drug-likeness (QED) is 0.342. The number of nitrogens with zero attached hydrogens (tertiary/aromatic N) is 1. The fourth-order valence-electron chi connectivity index (χ4n) is 1.30. The van der Waals surface area contributed by atoms with Crippen LogP contribution in [-0.4, -0.2) is 32.8 Å². The molecule has 0 amide bonds. The highest BCUT2D eigenvalue weighted by atomic mass is 127. The van der Waals surface area contributed by atoms with Crippen LogP contribution >= 0.6 is 35.6 Å². The number of halogens is 2. The second kappa shape index (κ2) is 10.4. The monoisotopic (exact) mass is 383 g/mol.